The van der Waals surface area contributed by atoms with E-state index in [0.29, 0.717) is 21.3 Å². The summed E-state index contributed by atoms with van der Waals surface area (Å²) in [6.45, 7) is 0. The molecule has 4 aromatic rings. The number of methoxy groups -OCH3 is 2. The molecule has 0 radical (unpaired) electrons. The molecule has 1 aliphatic rings. The Labute approximate surface area is 262 Å². The van der Waals surface area contributed by atoms with Crippen LogP contribution in [0, 0.1) is 0 Å². The van der Waals surface area contributed by atoms with Crippen molar-refractivity contribution in [1.82, 2.24) is 0 Å². The summed E-state index contributed by atoms with van der Waals surface area (Å²) in [6.07, 6.45) is 3.27. The standard InChI is InChI=1S/C32H34N2O8S2/c1-41-25-15-27-17(13-29(43-27)23(35)7-9-31(37)38)11-21(25)33-19-3-5-20(6-4-19)34-22-12-18-14-30(24(36)8-10-32(39)40)44-28(18)16-26(22)42-2/h11-16,19-20,33-34H,3-10H2,1-2H3,(H,37,38)(H,39,40). The number of aliphatic carboxylic acids is 2. The van der Waals surface area contributed by atoms with E-state index in [1.807, 2.05) is 36.4 Å². The molecule has 2 aromatic heterocycles. The van der Waals surface area contributed by atoms with Crippen LogP contribution in [0.1, 0.15) is 70.7 Å². The van der Waals surface area contributed by atoms with Gasteiger partial charge in [0.1, 0.15) is 11.5 Å². The van der Waals surface area contributed by atoms with E-state index in [0.717, 1.165) is 57.2 Å². The molecule has 12 heteroatoms. The van der Waals surface area contributed by atoms with Gasteiger partial charge in [0.05, 0.1) is 48.2 Å². The van der Waals surface area contributed by atoms with E-state index in [2.05, 4.69) is 10.6 Å². The van der Waals surface area contributed by atoms with Crippen LogP contribution >= 0.6 is 22.7 Å². The number of anilines is 2. The second-order valence-corrected chi connectivity index (χ2v) is 13.0. The lowest BCUT2D eigenvalue weighted by atomic mass is 9.90. The van der Waals surface area contributed by atoms with Crippen molar-refractivity contribution in [3.63, 3.8) is 0 Å². The minimum Gasteiger partial charge on any atom is -0.495 e. The number of fused-ring (bicyclic) bond motifs is 2. The summed E-state index contributed by atoms with van der Waals surface area (Å²) >= 11 is 2.69. The third kappa shape index (κ3) is 7.31. The van der Waals surface area contributed by atoms with Gasteiger partial charge in [-0.05, 0) is 60.7 Å². The van der Waals surface area contributed by atoms with Crippen LogP contribution < -0.4 is 20.1 Å². The number of ketones is 2. The lowest BCUT2D eigenvalue weighted by Crippen LogP contribution is -2.32. The molecule has 1 saturated carbocycles. The fourth-order valence-corrected chi connectivity index (χ4v) is 7.56. The number of carbonyl (C=O) groups is 4. The summed E-state index contributed by atoms with van der Waals surface area (Å²) in [4.78, 5) is 47.8. The van der Waals surface area contributed by atoms with Crippen molar-refractivity contribution < 1.29 is 38.9 Å². The molecular formula is C32H34N2O8S2. The Morgan fingerprint density at radius 2 is 1.05 bits per heavy atom. The van der Waals surface area contributed by atoms with Crippen molar-refractivity contribution in [2.75, 3.05) is 24.9 Å². The number of carboxylic acids is 2. The maximum atomic E-state index is 12.5. The molecule has 0 saturated heterocycles. The summed E-state index contributed by atoms with van der Waals surface area (Å²) in [5.74, 6) is -0.936. The van der Waals surface area contributed by atoms with Crippen molar-refractivity contribution in [3.8, 4) is 11.5 Å². The highest BCUT2D eigenvalue weighted by atomic mass is 32.1. The molecule has 0 aliphatic heterocycles. The van der Waals surface area contributed by atoms with Crippen LogP contribution in [0.15, 0.2) is 36.4 Å². The highest BCUT2D eigenvalue weighted by Crippen LogP contribution is 2.39. The fourth-order valence-electron chi connectivity index (χ4n) is 5.48. The van der Waals surface area contributed by atoms with Gasteiger partial charge in [0.2, 0.25) is 0 Å². The van der Waals surface area contributed by atoms with Crippen LogP contribution in [-0.2, 0) is 9.59 Å². The highest BCUT2D eigenvalue weighted by molar-refractivity contribution is 7.21. The Kier molecular flexibility index (Phi) is 9.70. The summed E-state index contributed by atoms with van der Waals surface area (Å²) < 4.78 is 13.1. The lowest BCUT2D eigenvalue weighted by molar-refractivity contribution is -0.137. The minimum absolute atomic E-state index is 0.0238. The molecular weight excluding hydrogens is 604 g/mol. The zero-order chi connectivity index (χ0) is 31.4. The first kappa shape index (κ1) is 31.3. The third-order valence-corrected chi connectivity index (χ3v) is 10.1. The van der Waals surface area contributed by atoms with E-state index in [1.54, 1.807) is 14.2 Å². The lowest BCUT2D eigenvalue weighted by Gasteiger charge is -2.31. The number of hydrogen-bond donors (Lipinski definition) is 4. The molecule has 2 aromatic carbocycles. The van der Waals surface area contributed by atoms with Crippen LogP contribution in [0.3, 0.4) is 0 Å². The van der Waals surface area contributed by atoms with E-state index < -0.39 is 11.9 Å². The topological polar surface area (TPSA) is 151 Å². The maximum absolute atomic E-state index is 12.5. The summed E-state index contributed by atoms with van der Waals surface area (Å²) in [7, 11) is 3.23. The first-order valence-corrected chi connectivity index (χ1v) is 16.0. The van der Waals surface area contributed by atoms with Crippen molar-refractivity contribution in [3.05, 3.63) is 46.2 Å². The number of carboxylic acid groups (broad SMARTS) is 2. The molecule has 0 bridgehead atoms. The minimum atomic E-state index is -0.988. The molecule has 0 unspecified atom stereocenters. The summed E-state index contributed by atoms with van der Waals surface area (Å²) in [5.41, 5.74) is 1.72. The average Bonchev–Trinajstić information content (AvgIpc) is 3.62. The zero-order valence-electron chi connectivity index (χ0n) is 24.4. The molecule has 10 nitrogen and oxygen atoms in total. The van der Waals surface area contributed by atoms with E-state index in [1.165, 1.54) is 22.7 Å². The Morgan fingerprint density at radius 3 is 1.39 bits per heavy atom. The number of ether oxygens (including phenoxy) is 2. The second kappa shape index (κ2) is 13.6. The first-order valence-electron chi connectivity index (χ1n) is 14.4. The van der Waals surface area contributed by atoms with Crippen LogP contribution in [0.25, 0.3) is 20.2 Å². The Hall–Kier alpha value is -4.16. The number of nitrogens with one attached hydrogen (secondary N) is 2. The van der Waals surface area contributed by atoms with Gasteiger partial charge in [0.25, 0.3) is 0 Å². The van der Waals surface area contributed by atoms with Gasteiger partial charge < -0.3 is 30.3 Å². The average molecular weight is 639 g/mol. The van der Waals surface area contributed by atoms with Gasteiger partial charge in [-0.1, -0.05) is 0 Å². The van der Waals surface area contributed by atoms with Gasteiger partial charge in [0.15, 0.2) is 11.6 Å². The first-order chi connectivity index (χ1) is 21.1. The smallest absolute Gasteiger partial charge is 0.303 e. The van der Waals surface area contributed by atoms with Gasteiger partial charge in [-0.2, -0.15) is 0 Å². The van der Waals surface area contributed by atoms with Crippen molar-refractivity contribution >= 4 is 77.7 Å². The van der Waals surface area contributed by atoms with Crippen molar-refractivity contribution in [1.29, 1.82) is 0 Å². The van der Waals surface area contributed by atoms with Crippen LogP contribution in [0.2, 0.25) is 0 Å². The molecule has 44 heavy (non-hydrogen) atoms. The van der Waals surface area contributed by atoms with E-state index in [9.17, 15) is 19.2 Å². The van der Waals surface area contributed by atoms with Crippen LogP contribution in [-0.4, -0.2) is 60.0 Å². The van der Waals surface area contributed by atoms with E-state index in [-0.39, 0.29) is 49.3 Å². The predicted octanol–water partition coefficient (Wildman–Crippen LogP) is 7.06. The molecule has 1 fully saturated rings. The van der Waals surface area contributed by atoms with Gasteiger partial charge in [0, 0.05) is 46.5 Å². The second-order valence-electron chi connectivity index (χ2n) is 10.9. The quantitative estimate of drug-likeness (QED) is 0.106. The number of benzene rings is 2. The van der Waals surface area contributed by atoms with Crippen molar-refractivity contribution in [2.45, 2.75) is 63.5 Å². The zero-order valence-corrected chi connectivity index (χ0v) is 26.1. The fraction of sp³-hybridized carbons (Fsp3) is 0.375. The van der Waals surface area contributed by atoms with E-state index in [4.69, 9.17) is 19.7 Å². The number of hydrogen-bond acceptors (Lipinski definition) is 10. The number of rotatable bonds is 14. The Bertz CT molecular complexity index is 1590. The number of thiophene rings is 2. The molecule has 2 heterocycles. The van der Waals surface area contributed by atoms with Gasteiger partial charge in [-0.3, -0.25) is 19.2 Å². The monoisotopic (exact) mass is 638 g/mol. The molecule has 4 N–H and O–H groups in total. The molecule has 0 spiro atoms. The highest BCUT2D eigenvalue weighted by Gasteiger charge is 2.24. The number of carbonyl (C=O) groups excluding carboxylic acids is 2. The van der Waals surface area contributed by atoms with Gasteiger partial charge in [-0.25, -0.2) is 0 Å². The normalized spacial score (nSPS) is 16.5. The van der Waals surface area contributed by atoms with E-state index >= 15 is 0 Å². The summed E-state index contributed by atoms with van der Waals surface area (Å²) in [5, 5.41) is 26.9. The third-order valence-electron chi connectivity index (χ3n) is 7.80. The van der Waals surface area contributed by atoms with Gasteiger partial charge in [-0.15, -0.1) is 22.7 Å². The van der Waals surface area contributed by atoms with Crippen LogP contribution in [0.5, 0.6) is 11.5 Å². The molecule has 1 aliphatic carbocycles. The molecule has 0 atom stereocenters. The predicted molar refractivity (Wildman–Crippen MR) is 172 cm³/mol. The van der Waals surface area contributed by atoms with Crippen molar-refractivity contribution in [2.24, 2.45) is 0 Å². The summed E-state index contributed by atoms with van der Waals surface area (Å²) in [6, 6.07) is 11.9. The number of Topliss-reactive ketones (excluding diaryl/α,β-unsaturated/α-hetero) is 2. The SMILES string of the molecule is COc1cc2sc(C(=O)CCC(=O)O)cc2cc1NC1CCC(Nc2cc3cc(C(=O)CCC(=O)O)sc3cc2OC)CC1. The van der Waals surface area contributed by atoms with Crippen LogP contribution in [0.4, 0.5) is 11.4 Å². The Morgan fingerprint density at radius 1 is 0.659 bits per heavy atom. The van der Waals surface area contributed by atoms with Gasteiger partial charge >= 0.3 is 11.9 Å². The Balaban J connectivity index is 1.22. The molecule has 0 amide bonds. The maximum Gasteiger partial charge on any atom is 0.303 e. The molecule has 5 rings (SSSR count). The largest absolute Gasteiger partial charge is 0.495 e. The molecule has 232 valence electrons.